The van der Waals surface area contributed by atoms with Crippen molar-refractivity contribution in [2.24, 2.45) is 0 Å². The molecule has 0 bridgehead atoms. The van der Waals surface area contributed by atoms with Gasteiger partial charge in [0.25, 0.3) is 0 Å². The van der Waals surface area contributed by atoms with Crippen molar-refractivity contribution in [1.29, 1.82) is 0 Å². The number of carbonyl (C=O) groups is 1. The highest BCUT2D eigenvalue weighted by molar-refractivity contribution is 9.10. The molecule has 1 aromatic heterocycles. The number of carbonyl (C=O) groups excluding carboxylic acids is 1. The number of sulfone groups is 1. The molecule has 134 valence electrons. The van der Waals surface area contributed by atoms with E-state index in [9.17, 15) is 13.2 Å². The van der Waals surface area contributed by atoms with E-state index in [0.717, 1.165) is 20.8 Å². The van der Waals surface area contributed by atoms with E-state index in [2.05, 4.69) is 15.9 Å². The Morgan fingerprint density at radius 3 is 2.68 bits per heavy atom. The smallest absolute Gasteiger partial charge is 0.174 e. The van der Waals surface area contributed by atoms with Gasteiger partial charge in [-0.1, -0.05) is 12.1 Å². The second kappa shape index (κ2) is 7.29. The van der Waals surface area contributed by atoms with E-state index in [4.69, 9.17) is 0 Å². The number of aryl methyl sites for hydroxylation is 1. The molecule has 1 fully saturated rings. The molecule has 1 saturated heterocycles. The molecule has 1 aromatic carbocycles. The fraction of sp³-hybridized carbons (Fsp3) is 0.389. The van der Waals surface area contributed by atoms with Crippen LogP contribution in [0.5, 0.6) is 0 Å². The van der Waals surface area contributed by atoms with Crippen molar-refractivity contribution in [3.05, 3.63) is 51.8 Å². The molecule has 0 saturated carbocycles. The third-order valence-corrected chi connectivity index (χ3v) is 8.33. The Bertz CT molecular complexity index is 918. The van der Waals surface area contributed by atoms with Crippen LogP contribution in [-0.2, 0) is 9.84 Å². The predicted molar refractivity (Wildman–Crippen MR) is 105 cm³/mol. The van der Waals surface area contributed by atoms with Crippen molar-refractivity contribution >= 4 is 43.3 Å². The molecule has 1 aliphatic rings. The van der Waals surface area contributed by atoms with Crippen LogP contribution in [0.15, 0.2) is 39.7 Å². The minimum Gasteiger partial charge on any atom is -0.344 e. The van der Waals surface area contributed by atoms with Gasteiger partial charge in [-0.2, -0.15) is 0 Å². The number of hydrogen-bond donors (Lipinski definition) is 0. The molecule has 0 radical (unpaired) electrons. The van der Waals surface area contributed by atoms with E-state index in [1.54, 1.807) is 0 Å². The van der Waals surface area contributed by atoms with Crippen LogP contribution in [0.1, 0.15) is 34.2 Å². The van der Waals surface area contributed by atoms with Gasteiger partial charge in [0, 0.05) is 32.4 Å². The quantitative estimate of drug-likeness (QED) is 0.515. The summed E-state index contributed by atoms with van der Waals surface area (Å²) in [7, 11) is -2.95. The minimum atomic E-state index is -2.95. The second-order valence-electron chi connectivity index (χ2n) is 6.35. The number of nitrogens with zero attached hydrogens (tertiary/aromatic N) is 1. The third-order valence-electron chi connectivity index (χ3n) is 4.55. The first kappa shape index (κ1) is 18.7. The molecule has 1 aliphatic heterocycles. The highest BCUT2D eigenvalue weighted by Gasteiger charge is 2.31. The lowest BCUT2D eigenvalue weighted by Crippen LogP contribution is -2.14. The zero-order valence-corrected chi connectivity index (χ0v) is 17.4. The van der Waals surface area contributed by atoms with E-state index < -0.39 is 9.84 Å². The molecule has 0 spiro atoms. The Kier molecular flexibility index (Phi) is 5.46. The first-order valence-corrected chi connectivity index (χ1v) is 11.7. The molecule has 1 atom stereocenters. The summed E-state index contributed by atoms with van der Waals surface area (Å²) in [6.07, 6.45) is 0.623. The van der Waals surface area contributed by atoms with Crippen molar-refractivity contribution in [2.45, 2.75) is 31.2 Å². The van der Waals surface area contributed by atoms with Gasteiger partial charge in [-0.15, -0.1) is 11.8 Å². The molecule has 2 heterocycles. The number of benzene rings is 1. The SMILES string of the molecule is Cc1cc(C(=O)CSc2ccccc2Br)c(C)n1C1CCS(=O)(=O)C1. The Morgan fingerprint density at radius 1 is 1.32 bits per heavy atom. The maximum atomic E-state index is 12.7. The Morgan fingerprint density at radius 2 is 2.04 bits per heavy atom. The van der Waals surface area contributed by atoms with Gasteiger partial charge in [0.15, 0.2) is 15.6 Å². The molecule has 1 unspecified atom stereocenters. The Hall–Kier alpha value is -1.05. The van der Waals surface area contributed by atoms with E-state index >= 15 is 0 Å². The normalized spacial score (nSPS) is 19.2. The maximum Gasteiger partial charge on any atom is 0.174 e. The summed E-state index contributed by atoms with van der Waals surface area (Å²) in [6, 6.07) is 9.67. The standard InChI is InChI=1S/C18H20BrNO3S2/c1-12-9-15(13(2)20(12)14-7-8-25(22,23)11-14)17(21)10-24-18-6-4-3-5-16(18)19/h3-6,9,14H,7-8,10-11H2,1-2H3. The van der Waals surface area contributed by atoms with Crippen molar-refractivity contribution in [1.82, 2.24) is 4.57 Å². The minimum absolute atomic E-state index is 0.0533. The molecular weight excluding hydrogens is 422 g/mol. The predicted octanol–water partition coefficient (Wildman–Crippen LogP) is 4.20. The van der Waals surface area contributed by atoms with Gasteiger partial charge in [-0.05, 0) is 54.4 Å². The van der Waals surface area contributed by atoms with Crippen molar-refractivity contribution < 1.29 is 13.2 Å². The van der Waals surface area contributed by atoms with E-state index in [0.29, 0.717) is 17.7 Å². The van der Waals surface area contributed by atoms with Gasteiger partial charge in [0.2, 0.25) is 0 Å². The number of aromatic nitrogens is 1. The average molecular weight is 442 g/mol. The maximum absolute atomic E-state index is 12.7. The summed E-state index contributed by atoms with van der Waals surface area (Å²) in [5, 5.41) is 0. The fourth-order valence-electron chi connectivity index (χ4n) is 3.38. The largest absolute Gasteiger partial charge is 0.344 e. The second-order valence-corrected chi connectivity index (χ2v) is 10.5. The lowest BCUT2D eigenvalue weighted by atomic mass is 10.2. The number of ketones is 1. The van der Waals surface area contributed by atoms with Crippen LogP contribution in [-0.4, -0.2) is 36.0 Å². The molecule has 4 nitrogen and oxygen atoms in total. The van der Waals surface area contributed by atoms with Gasteiger partial charge < -0.3 is 4.57 Å². The van der Waals surface area contributed by atoms with E-state index in [1.165, 1.54) is 11.8 Å². The zero-order chi connectivity index (χ0) is 18.2. The van der Waals surface area contributed by atoms with Crippen LogP contribution >= 0.6 is 27.7 Å². The van der Waals surface area contributed by atoms with Gasteiger partial charge in [-0.3, -0.25) is 4.79 Å². The highest BCUT2D eigenvalue weighted by atomic mass is 79.9. The Balaban J connectivity index is 1.78. The lowest BCUT2D eigenvalue weighted by molar-refractivity contribution is 0.102. The highest BCUT2D eigenvalue weighted by Crippen LogP contribution is 2.31. The summed E-state index contributed by atoms with van der Waals surface area (Å²) in [6.45, 7) is 3.85. The van der Waals surface area contributed by atoms with Crippen LogP contribution < -0.4 is 0 Å². The molecule has 0 N–H and O–H groups in total. The van der Waals surface area contributed by atoms with Crippen LogP contribution in [0.25, 0.3) is 0 Å². The number of Topliss-reactive ketones (excluding diaryl/α,β-unsaturated/α-hetero) is 1. The molecule has 2 aromatic rings. The first-order valence-electron chi connectivity index (χ1n) is 8.08. The van der Waals surface area contributed by atoms with Crippen molar-refractivity contribution in [2.75, 3.05) is 17.3 Å². The molecular formula is C18H20BrNO3S2. The summed E-state index contributed by atoms with van der Waals surface area (Å²) in [4.78, 5) is 13.7. The van der Waals surface area contributed by atoms with Gasteiger partial charge in [0.1, 0.15) is 0 Å². The summed E-state index contributed by atoms with van der Waals surface area (Å²) in [5.74, 6) is 0.829. The van der Waals surface area contributed by atoms with Crippen LogP contribution in [0.3, 0.4) is 0 Å². The van der Waals surface area contributed by atoms with E-state index in [1.807, 2.05) is 48.7 Å². The van der Waals surface area contributed by atoms with Crippen LogP contribution in [0.2, 0.25) is 0 Å². The van der Waals surface area contributed by atoms with Crippen molar-refractivity contribution in [3.63, 3.8) is 0 Å². The average Bonchev–Trinajstić information content (AvgIpc) is 3.05. The number of halogens is 1. The summed E-state index contributed by atoms with van der Waals surface area (Å²) < 4.78 is 26.6. The lowest BCUT2D eigenvalue weighted by Gasteiger charge is -2.16. The Labute approximate surface area is 161 Å². The molecule has 3 rings (SSSR count). The van der Waals surface area contributed by atoms with E-state index in [-0.39, 0.29) is 23.3 Å². The topological polar surface area (TPSA) is 56.1 Å². The van der Waals surface area contributed by atoms with Crippen LogP contribution in [0.4, 0.5) is 0 Å². The van der Waals surface area contributed by atoms with Gasteiger partial charge in [0.05, 0.1) is 17.3 Å². The fourth-order valence-corrected chi connectivity index (χ4v) is 6.53. The molecule has 0 amide bonds. The third kappa shape index (κ3) is 4.04. The molecule has 0 aliphatic carbocycles. The summed E-state index contributed by atoms with van der Waals surface area (Å²) >= 11 is 5.00. The molecule has 7 heteroatoms. The van der Waals surface area contributed by atoms with Gasteiger partial charge >= 0.3 is 0 Å². The zero-order valence-electron chi connectivity index (χ0n) is 14.2. The van der Waals surface area contributed by atoms with Crippen LogP contribution in [0, 0.1) is 13.8 Å². The van der Waals surface area contributed by atoms with Gasteiger partial charge in [-0.25, -0.2) is 8.42 Å². The number of thioether (sulfide) groups is 1. The monoisotopic (exact) mass is 441 g/mol. The number of rotatable bonds is 5. The molecule has 25 heavy (non-hydrogen) atoms. The first-order chi connectivity index (χ1) is 11.8. The van der Waals surface area contributed by atoms with Crippen molar-refractivity contribution in [3.8, 4) is 0 Å². The summed E-state index contributed by atoms with van der Waals surface area (Å²) in [5.41, 5.74) is 2.52. The number of hydrogen-bond acceptors (Lipinski definition) is 4.